The highest BCUT2D eigenvalue weighted by molar-refractivity contribution is 6.01. The van der Waals surface area contributed by atoms with Gasteiger partial charge in [0.1, 0.15) is 23.2 Å². The zero-order valence-corrected chi connectivity index (χ0v) is 19.6. The summed E-state index contributed by atoms with van der Waals surface area (Å²) in [5, 5.41) is 0. The van der Waals surface area contributed by atoms with E-state index < -0.39 is 17.6 Å². The molecular formula is C27H28N2O4. The number of aromatic nitrogens is 1. The molecule has 2 heterocycles. The lowest BCUT2D eigenvalue weighted by Gasteiger charge is -2.33. The number of fused-ring (bicyclic) bond motifs is 1. The normalized spacial score (nSPS) is 15.4. The number of hydrogen-bond donors (Lipinski definition) is 1. The van der Waals surface area contributed by atoms with Gasteiger partial charge in [-0.15, -0.1) is 0 Å². The number of carbonyl (C=O) groups excluding carboxylic acids is 2. The first-order valence-corrected chi connectivity index (χ1v) is 10.9. The van der Waals surface area contributed by atoms with E-state index in [4.69, 9.17) is 15.2 Å². The SMILES string of the molecule is Cc1cc([C@H](Oc2ccc3c(c2C)OC(C)(C)CC3=O)c2ccc(C(N)=O)cc2)cc(C)n1. The van der Waals surface area contributed by atoms with Gasteiger partial charge >= 0.3 is 0 Å². The first kappa shape index (κ1) is 22.5. The quantitative estimate of drug-likeness (QED) is 0.597. The molecule has 0 saturated carbocycles. The van der Waals surface area contributed by atoms with Crippen LogP contribution in [0, 0.1) is 20.8 Å². The maximum atomic E-state index is 12.6. The molecule has 1 aliphatic rings. The molecule has 0 unspecified atom stereocenters. The summed E-state index contributed by atoms with van der Waals surface area (Å²) in [5.41, 5.74) is 10.2. The van der Waals surface area contributed by atoms with Gasteiger partial charge in [0.2, 0.25) is 5.91 Å². The predicted molar refractivity (Wildman–Crippen MR) is 126 cm³/mol. The Kier molecular flexibility index (Phi) is 5.70. The van der Waals surface area contributed by atoms with Gasteiger partial charge in [-0.2, -0.15) is 0 Å². The minimum absolute atomic E-state index is 0.0647. The minimum Gasteiger partial charge on any atom is -0.486 e. The van der Waals surface area contributed by atoms with Crippen molar-refractivity contribution in [3.63, 3.8) is 0 Å². The maximum Gasteiger partial charge on any atom is 0.248 e. The summed E-state index contributed by atoms with van der Waals surface area (Å²) < 4.78 is 12.7. The Morgan fingerprint density at radius 2 is 1.67 bits per heavy atom. The lowest BCUT2D eigenvalue weighted by molar-refractivity contribution is 0.0612. The molecule has 2 aromatic carbocycles. The van der Waals surface area contributed by atoms with Crippen molar-refractivity contribution in [2.75, 3.05) is 0 Å². The van der Waals surface area contributed by atoms with Gasteiger partial charge in [0.15, 0.2) is 5.78 Å². The Morgan fingerprint density at radius 3 is 2.27 bits per heavy atom. The van der Waals surface area contributed by atoms with Crippen LogP contribution in [0.3, 0.4) is 0 Å². The van der Waals surface area contributed by atoms with Crippen LogP contribution in [0.1, 0.15) is 75.2 Å². The summed E-state index contributed by atoms with van der Waals surface area (Å²) in [4.78, 5) is 28.6. The highest BCUT2D eigenvalue weighted by Gasteiger charge is 2.34. The summed E-state index contributed by atoms with van der Waals surface area (Å²) in [5.74, 6) is 0.772. The first-order valence-electron chi connectivity index (χ1n) is 10.9. The standard InChI is InChI=1S/C27H28N2O4/c1-15-12-20(13-16(2)29-15)25(18-6-8-19(9-7-18)26(28)31)32-23-11-10-21-22(30)14-27(4,5)33-24(21)17(23)3/h6-13,25H,14H2,1-5H3,(H2,28,31)/t25-/m1/s1. The monoisotopic (exact) mass is 444 g/mol. The first-order chi connectivity index (χ1) is 15.5. The summed E-state index contributed by atoms with van der Waals surface area (Å²) in [6.07, 6.45) is -0.124. The van der Waals surface area contributed by atoms with E-state index in [1.54, 1.807) is 18.2 Å². The predicted octanol–water partition coefficient (Wildman–Crippen LogP) is 5.02. The van der Waals surface area contributed by atoms with Crippen LogP contribution in [0.15, 0.2) is 48.5 Å². The minimum atomic E-state index is -0.573. The molecule has 33 heavy (non-hydrogen) atoms. The number of Topliss-reactive ketones (excluding diaryl/α,β-unsaturated/α-hetero) is 1. The lowest BCUT2D eigenvalue weighted by atomic mass is 9.91. The second-order valence-electron chi connectivity index (χ2n) is 9.19. The summed E-state index contributed by atoms with van der Waals surface area (Å²) in [7, 11) is 0. The van der Waals surface area contributed by atoms with E-state index >= 15 is 0 Å². The van der Waals surface area contributed by atoms with Crippen molar-refractivity contribution in [1.82, 2.24) is 4.98 Å². The number of nitrogens with zero attached hydrogens (tertiary/aromatic N) is 1. The third-order valence-corrected chi connectivity index (χ3v) is 5.77. The van der Waals surface area contributed by atoms with Crippen molar-refractivity contribution in [1.29, 1.82) is 0 Å². The number of hydrogen-bond acceptors (Lipinski definition) is 5. The molecule has 0 radical (unpaired) electrons. The molecule has 170 valence electrons. The van der Waals surface area contributed by atoms with E-state index in [1.807, 2.05) is 65.0 Å². The summed E-state index contributed by atoms with van der Waals surface area (Å²) >= 11 is 0. The molecule has 0 saturated heterocycles. The smallest absolute Gasteiger partial charge is 0.248 e. The van der Waals surface area contributed by atoms with E-state index in [0.717, 1.165) is 28.1 Å². The summed E-state index contributed by atoms with van der Waals surface area (Å²) in [6, 6.07) is 14.6. The molecule has 1 atom stereocenters. The average molecular weight is 445 g/mol. The molecule has 1 aliphatic heterocycles. The number of pyridine rings is 1. The van der Waals surface area contributed by atoms with Crippen molar-refractivity contribution in [2.45, 2.75) is 52.7 Å². The topological polar surface area (TPSA) is 91.5 Å². The zero-order chi connectivity index (χ0) is 23.9. The number of nitrogens with two attached hydrogens (primary N) is 1. The Balaban J connectivity index is 1.79. The number of carbonyl (C=O) groups is 2. The molecule has 1 aromatic heterocycles. The van der Waals surface area contributed by atoms with Gasteiger partial charge in [-0.05, 0) is 76.6 Å². The number of ketones is 1. The fourth-order valence-electron chi connectivity index (χ4n) is 4.24. The third-order valence-electron chi connectivity index (χ3n) is 5.77. The van der Waals surface area contributed by atoms with Crippen LogP contribution in [0.2, 0.25) is 0 Å². The Bertz CT molecular complexity index is 1230. The zero-order valence-electron chi connectivity index (χ0n) is 19.6. The van der Waals surface area contributed by atoms with E-state index in [9.17, 15) is 9.59 Å². The molecule has 4 rings (SSSR count). The molecule has 0 fully saturated rings. The van der Waals surface area contributed by atoms with Gasteiger partial charge in [0.05, 0.1) is 12.0 Å². The van der Waals surface area contributed by atoms with Gasteiger partial charge in [0, 0.05) is 28.1 Å². The number of amides is 1. The van der Waals surface area contributed by atoms with Crippen molar-refractivity contribution in [3.05, 3.63) is 87.7 Å². The van der Waals surface area contributed by atoms with Crippen LogP contribution < -0.4 is 15.2 Å². The van der Waals surface area contributed by atoms with Gasteiger partial charge in [-0.3, -0.25) is 14.6 Å². The number of ether oxygens (including phenoxy) is 2. The molecule has 1 amide bonds. The average Bonchev–Trinajstić information content (AvgIpc) is 2.72. The number of aryl methyl sites for hydroxylation is 2. The third kappa shape index (κ3) is 4.60. The molecular weight excluding hydrogens is 416 g/mol. The van der Waals surface area contributed by atoms with Crippen LogP contribution in [-0.4, -0.2) is 22.3 Å². The molecule has 3 aromatic rings. The number of rotatable bonds is 5. The molecule has 0 spiro atoms. The fourth-order valence-corrected chi connectivity index (χ4v) is 4.24. The van der Waals surface area contributed by atoms with Crippen molar-refractivity contribution < 1.29 is 19.1 Å². The molecule has 6 nitrogen and oxygen atoms in total. The largest absolute Gasteiger partial charge is 0.486 e. The van der Waals surface area contributed by atoms with E-state index in [0.29, 0.717) is 29.0 Å². The molecule has 2 N–H and O–H groups in total. The van der Waals surface area contributed by atoms with E-state index in [-0.39, 0.29) is 5.78 Å². The van der Waals surface area contributed by atoms with Crippen LogP contribution in [-0.2, 0) is 0 Å². The Hall–Kier alpha value is -3.67. The van der Waals surface area contributed by atoms with Crippen molar-refractivity contribution in [2.24, 2.45) is 5.73 Å². The highest BCUT2D eigenvalue weighted by Crippen LogP contribution is 2.41. The van der Waals surface area contributed by atoms with E-state index in [2.05, 4.69) is 4.98 Å². The van der Waals surface area contributed by atoms with Crippen LogP contribution in [0.5, 0.6) is 11.5 Å². The van der Waals surface area contributed by atoms with Crippen LogP contribution in [0.25, 0.3) is 0 Å². The highest BCUT2D eigenvalue weighted by atomic mass is 16.5. The van der Waals surface area contributed by atoms with Gasteiger partial charge in [-0.25, -0.2) is 0 Å². The Morgan fingerprint density at radius 1 is 1.03 bits per heavy atom. The fraction of sp³-hybridized carbons (Fsp3) is 0.296. The maximum absolute atomic E-state index is 12.6. The molecule has 0 aliphatic carbocycles. The Labute approximate surface area is 193 Å². The summed E-state index contributed by atoms with van der Waals surface area (Å²) in [6.45, 7) is 9.60. The van der Waals surface area contributed by atoms with Gasteiger partial charge in [0.25, 0.3) is 0 Å². The second-order valence-corrected chi connectivity index (χ2v) is 9.19. The molecule has 0 bridgehead atoms. The van der Waals surface area contributed by atoms with Gasteiger partial charge in [-0.1, -0.05) is 12.1 Å². The van der Waals surface area contributed by atoms with Crippen LogP contribution in [0.4, 0.5) is 0 Å². The lowest BCUT2D eigenvalue weighted by Crippen LogP contribution is -2.36. The number of benzene rings is 2. The van der Waals surface area contributed by atoms with Crippen molar-refractivity contribution in [3.8, 4) is 11.5 Å². The van der Waals surface area contributed by atoms with Crippen molar-refractivity contribution >= 4 is 11.7 Å². The second kappa shape index (κ2) is 8.35. The van der Waals surface area contributed by atoms with Gasteiger partial charge < -0.3 is 15.2 Å². The number of primary amides is 1. The van der Waals surface area contributed by atoms with E-state index in [1.165, 1.54) is 0 Å². The van der Waals surface area contributed by atoms with Crippen LogP contribution >= 0.6 is 0 Å². The molecule has 6 heteroatoms.